The number of carboxylic acids is 1. The van der Waals surface area contributed by atoms with Crippen molar-refractivity contribution in [2.24, 2.45) is 5.92 Å². The molecule has 0 spiro atoms. The van der Waals surface area contributed by atoms with Gasteiger partial charge in [-0.05, 0) is 6.42 Å². The highest BCUT2D eigenvalue weighted by atomic mass is 16.4. The second kappa shape index (κ2) is 2.42. The van der Waals surface area contributed by atoms with Crippen LogP contribution in [-0.4, -0.2) is 45.6 Å². The zero-order chi connectivity index (χ0) is 8.88. The Hall–Kier alpha value is -0.650. The number of aliphatic carboxylic acids is 1. The molecule has 0 radical (unpaired) electrons. The summed E-state index contributed by atoms with van der Waals surface area (Å²) in [6, 6.07) is -1.13. The minimum absolute atomic E-state index is 0.331. The fraction of sp³-hybridized carbons (Fsp3) is 0.857. The Morgan fingerprint density at radius 2 is 2.08 bits per heavy atom. The maximum absolute atomic E-state index is 10.6. The molecule has 2 aliphatic rings. The van der Waals surface area contributed by atoms with Crippen LogP contribution >= 0.6 is 0 Å². The zero-order valence-electron chi connectivity index (χ0n) is 6.34. The van der Waals surface area contributed by atoms with Gasteiger partial charge in [-0.15, -0.1) is 0 Å². The predicted molar refractivity (Wildman–Crippen MR) is 38.5 cm³/mol. The first-order valence-corrected chi connectivity index (χ1v) is 3.96. The summed E-state index contributed by atoms with van der Waals surface area (Å²) in [5.41, 5.74) is 0. The molecule has 0 amide bonds. The fourth-order valence-corrected chi connectivity index (χ4v) is 2.19. The molecular weight excluding hydrogens is 162 g/mol. The summed E-state index contributed by atoms with van der Waals surface area (Å²) >= 11 is 0. The third-order valence-electron chi connectivity index (χ3n) is 2.80. The van der Waals surface area contributed by atoms with E-state index in [9.17, 15) is 15.0 Å². The Kier molecular flexibility index (Phi) is 1.61. The number of hydrogen-bond acceptors (Lipinski definition) is 4. The molecule has 5 nitrogen and oxygen atoms in total. The molecule has 5 atom stereocenters. The molecule has 5 unspecified atom stereocenters. The van der Waals surface area contributed by atoms with E-state index in [1.807, 2.05) is 0 Å². The summed E-state index contributed by atoms with van der Waals surface area (Å²) in [6.07, 6.45) is -0.919. The molecule has 12 heavy (non-hydrogen) atoms. The summed E-state index contributed by atoms with van der Waals surface area (Å²) < 4.78 is 0. The monoisotopic (exact) mass is 173 g/mol. The van der Waals surface area contributed by atoms with Gasteiger partial charge in [0.25, 0.3) is 0 Å². The highest BCUT2D eigenvalue weighted by Crippen LogP contribution is 2.35. The summed E-state index contributed by atoms with van der Waals surface area (Å²) in [4.78, 5) is 10.6. The fourth-order valence-electron chi connectivity index (χ4n) is 2.19. The van der Waals surface area contributed by atoms with Crippen LogP contribution in [0.1, 0.15) is 6.42 Å². The van der Waals surface area contributed by atoms with Crippen molar-refractivity contribution in [1.82, 2.24) is 5.32 Å². The van der Waals surface area contributed by atoms with E-state index in [0.29, 0.717) is 6.42 Å². The second-order valence-electron chi connectivity index (χ2n) is 3.47. The van der Waals surface area contributed by atoms with Gasteiger partial charge in [-0.25, -0.2) is 0 Å². The molecule has 1 heterocycles. The topological polar surface area (TPSA) is 89.8 Å². The van der Waals surface area contributed by atoms with E-state index in [1.54, 1.807) is 0 Å². The molecule has 2 rings (SSSR count). The largest absolute Gasteiger partial charge is 0.480 e. The van der Waals surface area contributed by atoms with E-state index in [1.165, 1.54) is 0 Å². The second-order valence-corrected chi connectivity index (χ2v) is 3.47. The quantitative estimate of drug-likeness (QED) is 0.374. The normalized spacial score (nSPS) is 51.3. The standard InChI is InChI=1S/C7H11NO4/c9-3-1-2-4(7(11)12)8-5(3)6(2)10/h2-6,8-10H,1H2,(H,11,12). The van der Waals surface area contributed by atoms with E-state index >= 15 is 0 Å². The first kappa shape index (κ1) is 7.97. The van der Waals surface area contributed by atoms with Crippen LogP contribution in [0.4, 0.5) is 0 Å². The molecule has 1 saturated carbocycles. The van der Waals surface area contributed by atoms with Gasteiger partial charge in [-0.2, -0.15) is 0 Å². The highest BCUT2D eigenvalue weighted by molar-refractivity contribution is 5.75. The Labute approximate surface area is 69.0 Å². The lowest BCUT2D eigenvalue weighted by Gasteiger charge is -2.22. The third-order valence-corrected chi connectivity index (χ3v) is 2.80. The lowest BCUT2D eigenvalue weighted by molar-refractivity contribution is -0.141. The van der Waals surface area contributed by atoms with Crippen LogP contribution in [0.5, 0.6) is 0 Å². The average Bonchev–Trinajstić information content (AvgIpc) is 2.42. The van der Waals surface area contributed by atoms with Crippen molar-refractivity contribution >= 4 is 5.97 Å². The molecule has 2 bridgehead atoms. The summed E-state index contributed by atoms with van der Waals surface area (Å²) in [6.45, 7) is 0. The molecule has 0 aromatic heterocycles. The molecular formula is C7H11NO4. The van der Waals surface area contributed by atoms with E-state index in [2.05, 4.69) is 5.32 Å². The third kappa shape index (κ3) is 0.872. The predicted octanol–water partition coefficient (Wildman–Crippen LogP) is -1.85. The van der Waals surface area contributed by atoms with Gasteiger partial charge >= 0.3 is 5.97 Å². The van der Waals surface area contributed by atoms with Crippen molar-refractivity contribution < 1.29 is 20.1 Å². The Morgan fingerprint density at radius 3 is 2.42 bits per heavy atom. The Balaban J connectivity index is 2.16. The van der Waals surface area contributed by atoms with Gasteiger partial charge in [0.2, 0.25) is 0 Å². The summed E-state index contributed by atoms with van der Waals surface area (Å²) in [7, 11) is 0. The van der Waals surface area contributed by atoms with Crippen molar-refractivity contribution in [3.8, 4) is 0 Å². The molecule has 0 aromatic carbocycles. The average molecular weight is 173 g/mol. The molecule has 2 fully saturated rings. The maximum Gasteiger partial charge on any atom is 0.321 e. The van der Waals surface area contributed by atoms with Gasteiger partial charge in [0, 0.05) is 5.92 Å². The zero-order valence-corrected chi connectivity index (χ0v) is 6.34. The first-order chi connectivity index (χ1) is 5.61. The van der Waals surface area contributed by atoms with Crippen molar-refractivity contribution in [2.75, 3.05) is 0 Å². The van der Waals surface area contributed by atoms with Gasteiger partial charge in [0.15, 0.2) is 0 Å². The number of aliphatic hydroxyl groups is 2. The van der Waals surface area contributed by atoms with Crippen molar-refractivity contribution in [3.63, 3.8) is 0 Å². The number of rotatable bonds is 1. The number of aliphatic hydroxyl groups excluding tert-OH is 2. The number of piperidine rings is 1. The van der Waals surface area contributed by atoms with Crippen molar-refractivity contribution in [1.29, 1.82) is 0 Å². The molecule has 4 N–H and O–H groups in total. The van der Waals surface area contributed by atoms with Crippen LogP contribution in [-0.2, 0) is 4.79 Å². The van der Waals surface area contributed by atoms with Crippen LogP contribution in [0.3, 0.4) is 0 Å². The lowest BCUT2D eigenvalue weighted by Crippen LogP contribution is -2.47. The van der Waals surface area contributed by atoms with Crippen LogP contribution in [0, 0.1) is 5.92 Å². The van der Waals surface area contributed by atoms with Gasteiger partial charge in [-0.1, -0.05) is 0 Å². The summed E-state index contributed by atoms with van der Waals surface area (Å²) in [5, 5.41) is 30.1. The van der Waals surface area contributed by atoms with E-state index in [-0.39, 0.29) is 5.92 Å². The van der Waals surface area contributed by atoms with Gasteiger partial charge < -0.3 is 15.3 Å². The molecule has 1 aliphatic carbocycles. The van der Waals surface area contributed by atoms with Crippen LogP contribution < -0.4 is 5.32 Å². The van der Waals surface area contributed by atoms with E-state index in [4.69, 9.17) is 5.11 Å². The number of fused-ring (bicyclic) bond motifs is 2. The number of hydrogen-bond donors (Lipinski definition) is 4. The molecule has 1 aliphatic heterocycles. The Bertz CT molecular complexity index is 219. The smallest absolute Gasteiger partial charge is 0.321 e. The minimum Gasteiger partial charge on any atom is -0.480 e. The van der Waals surface area contributed by atoms with Crippen molar-refractivity contribution in [3.05, 3.63) is 0 Å². The highest BCUT2D eigenvalue weighted by Gasteiger charge is 2.54. The first-order valence-electron chi connectivity index (χ1n) is 3.96. The SMILES string of the molecule is O=C(O)C1NC2C(O)CC1C2O. The number of carbonyl (C=O) groups is 1. The molecule has 5 heteroatoms. The molecule has 0 aromatic rings. The van der Waals surface area contributed by atoms with Gasteiger partial charge in [0.1, 0.15) is 6.04 Å². The maximum atomic E-state index is 10.6. The van der Waals surface area contributed by atoms with Gasteiger partial charge in [0.05, 0.1) is 18.2 Å². The Morgan fingerprint density at radius 1 is 1.42 bits per heavy atom. The van der Waals surface area contributed by atoms with Gasteiger partial charge in [-0.3, -0.25) is 10.1 Å². The van der Waals surface area contributed by atoms with E-state index < -0.39 is 30.3 Å². The van der Waals surface area contributed by atoms with E-state index in [0.717, 1.165) is 0 Å². The minimum atomic E-state index is -0.951. The molecule has 68 valence electrons. The summed E-state index contributed by atoms with van der Waals surface area (Å²) in [5.74, 6) is -1.28. The number of carboxylic acid groups (broad SMARTS) is 1. The van der Waals surface area contributed by atoms with Crippen LogP contribution in [0.15, 0.2) is 0 Å². The van der Waals surface area contributed by atoms with Crippen LogP contribution in [0.2, 0.25) is 0 Å². The molecule has 1 saturated heterocycles. The number of nitrogens with one attached hydrogen (secondary N) is 1. The van der Waals surface area contributed by atoms with Crippen LogP contribution in [0.25, 0.3) is 0 Å². The van der Waals surface area contributed by atoms with Crippen molar-refractivity contribution in [2.45, 2.75) is 30.7 Å². The lowest BCUT2D eigenvalue weighted by atomic mass is 9.98.